The van der Waals surface area contributed by atoms with Gasteiger partial charge in [0.1, 0.15) is 5.75 Å². The molecule has 0 spiro atoms. The van der Waals surface area contributed by atoms with Crippen molar-refractivity contribution < 1.29 is 9.84 Å². The maximum atomic E-state index is 10.6. The number of nitrogens with zero attached hydrogens (tertiary/aromatic N) is 1. The Morgan fingerprint density at radius 2 is 2.06 bits per heavy atom. The highest BCUT2D eigenvalue weighted by Gasteiger charge is 2.30. The average molecular weight is 237 g/mol. The summed E-state index contributed by atoms with van der Waals surface area (Å²) in [5.74, 6) is 0.921. The van der Waals surface area contributed by atoms with Gasteiger partial charge in [-0.05, 0) is 38.7 Å². The van der Waals surface area contributed by atoms with Gasteiger partial charge in [0, 0.05) is 12.5 Å². The van der Waals surface area contributed by atoms with Gasteiger partial charge < -0.3 is 14.7 Å². The third-order valence-corrected chi connectivity index (χ3v) is 3.25. The summed E-state index contributed by atoms with van der Waals surface area (Å²) < 4.78 is 5.19. The number of hydrogen-bond acceptors (Lipinski definition) is 3. The monoisotopic (exact) mass is 237 g/mol. The van der Waals surface area contributed by atoms with Crippen molar-refractivity contribution in [2.45, 2.75) is 19.4 Å². The second-order valence-electron chi connectivity index (χ2n) is 5.04. The molecule has 2 atom stereocenters. The lowest BCUT2D eigenvalue weighted by molar-refractivity contribution is -0.00792. The summed E-state index contributed by atoms with van der Waals surface area (Å²) in [4.78, 5) is 2.08. The van der Waals surface area contributed by atoms with E-state index in [1.165, 1.54) is 0 Å². The summed E-state index contributed by atoms with van der Waals surface area (Å²) in [6, 6.07) is 7.63. The van der Waals surface area contributed by atoms with Crippen LogP contribution < -0.4 is 4.74 Å². The second kappa shape index (κ2) is 5.52. The smallest absolute Gasteiger partial charge is 0.119 e. The lowest BCUT2D eigenvalue weighted by Crippen LogP contribution is -2.36. The zero-order valence-corrected chi connectivity index (χ0v) is 11.4. The van der Waals surface area contributed by atoms with Gasteiger partial charge in [0.15, 0.2) is 0 Å². The summed E-state index contributed by atoms with van der Waals surface area (Å²) in [6.07, 6.45) is 0. The Balaban J connectivity index is 2.94. The minimum Gasteiger partial charge on any atom is -0.497 e. The molecule has 0 amide bonds. The average Bonchev–Trinajstić information content (AvgIpc) is 2.28. The SMILES string of the molecule is COc1cccc([C@](C)(O)[C@@H](C)CN(C)C)c1. The fourth-order valence-corrected chi connectivity index (χ4v) is 1.95. The minimum atomic E-state index is -0.848. The van der Waals surface area contributed by atoms with Gasteiger partial charge >= 0.3 is 0 Å². The maximum absolute atomic E-state index is 10.6. The molecule has 3 nitrogen and oxygen atoms in total. The molecule has 1 aromatic rings. The summed E-state index contributed by atoms with van der Waals surface area (Å²) >= 11 is 0. The third kappa shape index (κ3) is 3.45. The van der Waals surface area contributed by atoms with E-state index in [2.05, 4.69) is 11.8 Å². The highest BCUT2D eigenvalue weighted by atomic mass is 16.5. The molecule has 96 valence electrons. The van der Waals surface area contributed by atoms with Crippen LogP contribution in [0.25, 0.3) is 0 Å². The van der Waals surface area contributed by atoms with E-state index in [9.17, 15) is 5.11 Å². The molecule has 1 N–H and O–H groups in total. The predicted molar refractivity (Wildman–Crippen MR) is 70.3 cm³/mol. The van der Waals surface area contributed by atoms with Crippen LogP contribution in [0.4, 0.5) is 0 Å². The van der Waals surface area contributed by atoms with Gasteiger partial charge in [-0.15, -0.1) is 0 Å². The highest BCUT2D eigenvalue weighted by Crippen LogP contribution is 2.31. The Morgan fingerprint density at radius 1 is 1.41 bits per heavy atom. The second-order valence-corrected chi connectivity index (χ2v) is 5.04. The van der Waals surface area contributed by atoms with Crippen LogP contribution in [0, 0.1) is 5.92 Å². The van der Waals surface area contributed by atoms with Crippen LogP contribution in [0.1, 0.15) is 19.4 Å². The molecular weight excluding hydrogens is 214 g/mol. The molecule has 3 heteroatoms. The summed E-state index contributed by atoms with van der Waals surface area (Å²) in [7, 11) is 5.66. The van der Waals surface area contributed by atoms with Crippen molar-refractivity contribution in [3.05, 3.63) is 29.8 Å². The number of aliphatic hydroxyl groups is 1. The zero-order valence-electron chi connectivity index (χ0n) is 11.4. The third-order valence-electron chi connectivity index (χ3n) is 3.25. The molecule has 0 fully saturated rings. The standard InChI is InChI=1S/C14H23NO2/c1-11(10-15(3)4)14(2,16)12-7-6-8-13(9-12)17-5/h6-9,11,16H,10H2,1-5H3/t11-,14+/m0/s1. The van der Waals surface area contributed by atoms with E-state index in [-0.39, 0.29) is 5.92 Å². The van der Waals surface area contributed by atoms with Gasteiger partial charge in [-0.3, -0.25) is 0 Å². The Hall–Kier alpha value is -1.06. The summed E-state index contributed by atoms with van der Waals surface area (Å²) in [5.41, 5.74) is 0.0462. The Bertz CT molecular complexity index is 361. The fraction of sp³-hybridized carbons (Fsp3) is 0.571. The van der Waals surface area contributed by atoms with Gasteiger partial charge in [-0.2, -0.15) is 0 Å². The lowest BCUT2D eigenvalue weighted by Gasteiger charge is -2.32. The van der Waals surface area contributed by atoms with E-state index in [0.29, 0.717) is 0 Å². The molecule has 1 aromatic carbocycles. The quantitative estimate of drug-likeness (QED) is 0.851. The Morgan fingerprint density at radius 3 is 2.59 bits per heavy atom. The van der Waals surface area contributed by atoms with E-state index >= 15 is 0 Å². The maximum Gasteiger partial charge on any atom is 0.119 e. The van der Waals surface area contributed by atoms with Crippen molar-refractivity contribution >= 4 is 0 Å². The van der Waals surface area contributed by atoms with Gasteiger partial charge in [0.25, 0.3) is 0 Å². The molecule has 0 heterocycles. The summed E-state index contributed by atoms with van der Waals surface area (Å²) in [5, 5.41) is 10.6. The number of benzene rings is 1. The van der Waals surface area contributed by atoms with Gasteiger partial charge in [0.2, 0.25) is 0 Å². The van der Waals surface area contributed by atoms with E-state index in [4.69, 9.17) is 4.74 Å². The molecule has 1 rings (SSSR count). The van der Waals surface area contributed by atoms with E-state index < -0.39 is 5.60 Å². The van der Waals surface area contributed by atoms with Crippen LogP contribution in [-0.4, -0.2) is 37.8 Å². The first-order valence-corrected chi connectivity index (χ1v) is 5.89. The van der Waals surface area contributed by atoms with Crippen molar-refractivity contribution in [2.24, 2.45) is 5.92 Å². The van der Waals surface area contributed by atoms with Crippen molar-refractivity contribution in [2.75, 3.05) is 27.7 Å². The first-order chi connectivity index (χ1) is 7.87. The molecule has 17 heavy (non-hydrogen) atoms. The first-order valence-electron chi connectivity index (χ1n) is 5.89. The van der Waals surface area contributed by atoms with Crippen LogP contribution in [-0.2, 0) is 5.60 Å². The lowest BCUT2D eigenvalue weighted by atomic mass is 9.83. The molecule has 0 unspecified atom stereocenters. The predicted octanol–water partition coefficient (Wildman–Crippen LogP) is 2.10. The van der Waals surface area contributed by atoms with Crippen molar-refractivity contribution in [1.29, 1.82) is 0 Å². The largest absolute Gasteiger partial charge is 0.497 e. The minimum absolute atomic E-state index is 0.143. The molecule has 0 aliphatic carbocycles. The van der Waals surface area contributed by atoms with Gasteiger partial charge in [0.05, 0.1) is 12.7 Å². The van der Waals surface area contributed by atoms with Crippen LogP contribution in [0.15, 0.2) is 24.3 Å². The highest BCUT2D eigenvalue weighted by molar-refractivity contribution is 5.32. The molecule has 0 aliphatic heterocycles. The van der Waals surface area contributed by atoms with Gasteiger partial charge in [-0.1, -0.05) is 19.1 Å². The Kier molecular flexibility index (Phi) is 4.54. The molecule has 0 radical (unpaired) electrons. The Labute approximate surface area is 104 Å². The zero-order chi connectivity index (χ0) is 13.1. The van der Waals surface area contributed by atoms with E-state index in [0.717, 1.165) is 17.9 Å². The van der Waals surface area contributed by atoms with Crippen molar-refractivity contribution in [3.63, 3.8) is 0 Å². The first kappa shape index (κ1) is 14.0. The molecule has 0 bridgehead atoms. The van der Waals surface area contributed by atoms with Crippen LogP contribution >= 0.6 is 0 Å². The number of ether oxygens (including phenoxy) is 1. The van der Waals surface area contributed by atoms with Crippen LogP contribution in [0.3, 0.4) is 0 Å². The fourth-order valence-electron chi connectivity index (χ4n) is 1.95. The molecular formula is C14H23NO2. The normalized spacial score (nSPS) is 16.6. The topological polar surface area (TPSA) is 32.7 Å². The van der Waals surface area contributed by atoms with E-state index in [1.807, 2.05) is 45.3 Å². The van der Waals surface area contributed by atoms with Gasteiger partial charge in [-0.25, -0.2) is 0 Å². The van der Waals surface area contributed by atoms with Crippen molar-refractivity contribution in [3.8, 4) is 5.75 Å². The number of hydrogen-bond donors (Lipinski definition) is 1. The van der Waals surface area contributed by atoms with Crippen LogP contribution in [0.2, 0.25) is 0 Å². The van der Waals surface area contributed by atoms with E-state index in [1.54, 1.807) is 7.11 Å². The molecule has 0 saturated heterocycles. The number of rotatable bonds is 5. The van der Waals surface area contributed by atoms with Crippen molar-refractivity contribution in [1.82, 2.24) is 4.90 Å². The molecule has 0 aliphatic rings. The molecule has 0 aromatic heterocycles. The van der Waals surface area contributed by atoms with Crippen LogP contribution in [0.5, 0.6) is 5.75 Å². The number of methoxy groups -OCH3 is 1. The molecule has 0 saturated carbocycles. The summed E-state index contributed by atoms with van der Waals surface area (Å²) in [6.45, 7) is 4.75.